The minimum absolute atomic E-state index is 0.715. The van der Waals surface area contributed by atoms with Crippen LogP contribution >= 0.6 is 11.3 Å². The van der Waals surface area contributed by atoms with Gasteiger partial charge in [-0.1, -0.05) is 6.92 Å². The van der Waals surface area contributed by atoms with Crippen LogP contribution in [0.15, 0.2) is 17.8 Å². The zero-order valence-corrected chi connectivity index (χ0v) is 12.9. The van der Waals surface area contributed by atoms with Crippen LogP contribution < -0.4 is 5.32 Å². The van der Waals surface area contributed by atoms with E-state index in [0.29, 0.717) is 6.61 Å². The van der Waals surface area contributed by atoms with Gasteiger partial charge >= 0.3 is 0 Å². The molecule has 0 saturated carbocycles. The molecule has 0 atom stereocenters. The number of thiazole rings is 1. The number of hydrogen-bond donors (Lipinski definition) is 1. The number of rotatable bonds is 9. The third-order valence-electron chi connectivity index (χ3n) is 2.96. The summed E-state index contributed by atoms with van der Waals surface area (Å²) >= 11 is 1.75. The van der Waals surface area contributed by atoms with Crippen molar-refractivity contribution in [3.63, 3.8) is 0 Å². The first-order valence-electron chi connectivity index (χ1n) is 6.96. The van der Waals surface area contributed by atoms with Crippen molar-refractivity contribution in [2.24, 2.45) is 0 Å². The highest BCUT2D eigenvalue weighted by Gasteiger charge is 2.06. The lowest BCUT2D eigenvalue weighted by atomic mass is 10.3. The maximum absolute atomic E-state index is 5.01. The van der Waals surface area contributed by atoms with Gasteiger partial charge in [-0.05, 0) is 12.8 Å². The Morgan fingerprint density at radius 2 is 2.35 bits per heavy atom. The molecule has 0 bridgehead atoms. The predicted molar refractivity (Wildman–Crippen MR) is 81.0 cm³/mol. The lowest BCUT2D eigenvalue weighted by Crippen LogP contribution is -2.21. The SMILES string of the molecule is CCCc1nc(Cn2ccnc2CNCCOC)cs1. The first kappa shape index (κ1) is 15.2. The van der Waals surface area contributed by atoms with E-state index in [0.717, 1.165) is 44.0 Å². The summed E-state index contributed by atoms with van der Waals surface area (Å²) in [4.78, 5) is 9.04. The molecule has 0 aromatic carbocycles. The first-order chi connectivity index (χ1) is 9.83. The predicted octanol–water partition coefficient (Wildman–Crippen LogP) is 2.08. The van der Waals surface area contributed by atoms with Gasteiger partial charge in [0.25, 0.3) is 0 Å². The van der Waals surface area contributed by atoms with Gasteiger partial charge in [-0.3, -0.25) is 0 Å². The molecule has 0 fully saturated rings. The van der Waals surface area contributed by atoms with E-state index in [1.54, 1.807) is 18.4 Å². The van der Waals surface area contributed by atoms with Gasteiger partial charge in [-0.2, -0.15) is 0 Å². The summed E-state index contributed by atoms with van der Waals surface area (Å²) in [5.74, 6) is 1.03. The van der Waals surface area contributed by atoms with Crippen molar-refractivity contribution in [2.45, 2.75) is 32.9 Å². The Balaban J connectivity index is 1.90. The highest BCUT2D eigenvalue weighted by molar-refractivity contribution is 7.09. The number of aryl methyl sites for hydroxylation is 1. The normalized spacial score (nSPS) is 11.1. The number of aromatic nitrogens is 3. The molecule has 6 heteroatoms. The minimum atomic E-state index is 0.715. The van der Waals surface area contributed by atoms with Crippen LogP contribution in [0, 0.1) is 0 Å². The van der Waals surface area contributed by atoms with Crippen molar-refractivity contribution in [3.05, 3.63) is 34.3 Å². The number of imidazole rings is 1. The van der Waals surface area contributed by atoms with E-state index in [4.69, 9.17) is 4.74 Å². The van der Waals surface area contributed by atoms with Crippen molar-refractivity contribution < 1.29 is 4.74 Å². The standard InChI is InChI=1S/C14H22N4OS/c1-3-4-14-17-12(11-20-14)10-18-7-5-16-13(18)9-15-6-8-19-2/h5,7,11,15H,3-4,6,8-10H2,1-2H3. The highest BCUT2D eigenvalue weighted by Crippen LogP contribution is 2.13. The van der Waals surface area contributed by atoms with E-state index in [1.807, 2.05) is 12.4 Å². The molecule has 2 aromatic rings. The Bertz CT molecular complexity index is 509. The van der Waals surface area contributed by atoms with Crippen LogP contribution in [0.3, 0.4) is 0 Å². The van der Waals surface area contributed by atoms with Gasteiger partial charge in [0, 0.05) is 31.4 Å². The van der Waals surface area contributed by atoms with Crippen LogP contribution in [0.25, 0.3) is 0 Å². The fraction of sp³-hybridized carbons (Fsp3) is 0.571. The molecule has 5 nitrogen and oxygen atoms in total. The molecule has 0 unspecified atom stereocenters. The molecule has 2 aromatic heterocycles. The van der Waals surface area contributed by atoms with E-state index in [2.05, 4.69) is 32.2 Å². The van der Waals surface area contributed by atoms with Crippen molar-refractivity contribution in [1.82, 2.24) is 19.9 Å². The molecular formula is C14H22N4OS. The number of hydrogen-bond acceptors (Lipinski definition) is 5. The molecule has 2 rings (SSSR count). The largest absolute Gasteiger partial charge is 0.383 e. The maximum Gasteiger partial charge on any atom is 0.123 e. The van der Waals surface area contributed by atoms with Gasteiger partial charge in [-0.25, -0.2) is 9.97 Å². The fourth-order valence-corrected chi connectivity index (χ4v) is 2.84. The summed E-state index contributed by atoms with van der Waals surface area (Å²) in [6, 6.07) is 0. The zero-order valence-electron chi connectivity index (χ0n) is 12.1. The molecule has 0 aliphatic heterocycles. The zero-order chi connectivity index (χ0) is 14.2. The lowest BCUT2D eigenvalue weighted by molar-refractivity contribution is 0.199. The fourth-order valence-electron chi connectivity index (χ4n) is 1.95. The first-order valence-corrected chi connectivity index (χ1v) is 7.84. The van der Waals surface area contributed by atoms with Crippen molar-refractivity contribution >= 4 is 11.3 Å². The van der Waals surface area contributed by atoms with Gasteiger partial charge in [0.1, 0.15) is 5.82 Å². The maximum atomic E-state index is 5.01. The summed E-state index contributed by atoms with van der Waals surface area (Å²) in [6.07, 6.45) is 6.06. The van der Waals surface area contributed by atoms with Crippen LogP contribution in [0.4, 0.5) is 0 Å². The third-order valence-corrected chi connectivity index (χ3v) is 3.92. The Morgan fingerprint density at radius 1 is 1.45 bits per heavy atom. The van der Waals surface area contributed by atoms with Gasteiger partial charge in [-0.15, -0.1) is 11.3 Å². The Hall–Kier alpha value is -1.24. The van der Waals surface area contributed by atoms with Crippen LogP contribution in [-0.4, -0.2) is 34.8 Å². The van der Waals surface area contributed by atoms with Gasteiger partial charge in [0.15, 0.2) is 0 Å². The summed E-state index contributed by atoms with van der Waals surface area (Å²) in [7, 11) is 1.71. The molecule has 0 amide bonds. The summed E-state index contributed by atoms with van der Waals surface area (Å²) in [5, 5.41) is 6.68. The number of ether oxygens (including phenoxy) is 1. The van der Waals surface area contributed by atoms with Crippen molar-refractivity contribution in [1.29, 1.82) is 0 Å². The van der Waals surface area contributed by atoms with E-state index in [1.165, 1.54) is 5.01 Å². The van der Waals surface area contributed by atoms with Crippen molar-refractivity contribution in [2.75, 3.05) is 20.3 Å². The molecule has 1 N–H and O–H groups in total. The van der Waals surface area contributed by atoms with E-state index in [-0.39, 0.29) is 0 Å². The molecule has 110 valence electrons. The highest BCUT2D eigenvalue weighted by atomic mass is 32.1. The van der Waals surface area contributed by atoms with E-state index >= 15 is 0 Å². The Morgan fingerprint density at radius 3 is 3.15 bits per heavy atom. The van der Waals surface area contributed by atoms with Crippen LogP contribution in [0.2, 0.25) is 0 Å². The Labute approximate surface area is 124 Å². The van der Waals surface area contributed by atoms with Crippen LogP contribution in [0.1, 0.15) is 29.9 Å². The second kappa shape index (κ2) is 8.14. The second-order valence-electron chi connectivity index (χ2n) is 4.62. The van der Waals surface area contributed by atoms with Crippen LogP contribution in [-0.2, 0) is 24.2 Å². The van der Waals surface area contributed by atoms with Gasteiger partial charge in [0.05, 0.1) is 30.4 Å². The smallest absolute Gasteiger partial charge is 0.123 e. The average molecular weight is 294 g/mol. The Kier molecular flexibility index (Phi) is 6.17. The van der Waals surface area contributed by atoms with Gasteiger partial charge < -0.3 is 14.6 Å². The van der Waals surface area contributed by atoms with Gasteiger partial charge in [0.2, 0.25) is 0 Å². The van der Waals surface area contributed by atoms with Crippen LogP contribution in [0.5, 0.6) is 0 Å². The molecule has 0 spiro atoms. The van der Waals surface area contributed by atoms with E-state index < -0.39 is 0 Å². The molecule has 0 saturated heterocycles. The van der Waals surface area contributed by atoms with Crippen molar-refractivity contribution in [3.8, 4) is 0 Å². The number of nitrogens with zero attached hydrogens (tertiary/aromatic N) is 3. The molecule has 0 aliphatic rings. The average Bonchev–Trinajstić information content (AvgIpc) is 3.06. The lowest BCUT2D eigenvalue weighted by Gasteiger charge is -2.07. The monoisotopic (exact) mass is 294 g/mol. The van der Waals surface area contributed by atoms with E-state index in [9.17, 15) is 0 Å². The topological polar surface area (TPSA) is 52.0 Å². The molecule has 0 aliphatic carbocycles. The second-order valence-corrected chi connectivity index (χ2v) is 5.57. The molecule has 20 heavy (non-hydrogen) atoms. The number of nitrogens with one attached hydrogen (secondary N) is 1. The summed E-state index contributed by atoms with van der Waals surface area (Å²) in [6.45, 7) is 5.28. The quantitative estimate of drug-likeness (QED) is 0.719. The summed E-state index contributed by atoms with van der Waals surface area (Å²) in [5.41, 5.74) is 1.12. The molecule has 2 heterocycles. The minimum Gasteiger partial charge on any atom is -0.383 e. The molecular weight excluding hydrogens is 272 g/mol. The number of methoxy groups -OCH3 is 1. The summed E-state index contributed by atoms with van der Waals surface area (Å²) < 4.78 is 7.16. The molecule has 0 radical (unpaired) electrons. The third kappa shape index (κ3) is 4.40.